The van der Waals surface area contributed by atoms with Crippen molar-refractivity contribution in [2.75, 3.05) is 4.90 Å². The first kappa shape index (κ1) is 25.1. The Kier molecular flexibility index (Phi) is 6.60. The molecule has 0 aliphatic carbocycles. The maximum absolute atomic E-state index is 14.3. The minimum atomic E-state index is -1.14. The number of fused-ring (bicyclic) bond motifs is 1. The SMILES string of the molecule is CC1(C)C(=O)N(Cc2cccc(F)c2F)c2cc(C(=O)NCc3c(F)cc(F)cc3F)cc(I)c21. The monoisotopic (exact) mass is 600 g/mol. The first-order chi connectivity index (χ1) is 16.4. The van der Waals surface area contributed by atoms with Crippen molar-refractivity contribution in [2.24, 2.45) is 0 Å². The van der Waals surface area contributed by atoms with Crippen molar-refractivity contribution >= 4 is 40.1 Å². The highest BCUT2D eigenvalue weighted by Crippen LogP contribution is 2.45. The number of halogens is 6. The summed E-state index contributed by atoms with van der Waals surface area (Å²) in [7, 11) is 0. The van der Waals surface area contributed by atoms with Crippen LogP contribution >= 0.6 is 22.6 Å². The zero-order chi connectivity index (χ0) is 25.7. The molecular weight excluding hydrogens is 582 g/mol. The van der Waals surface area contributed by atoms with E-state index in [9.17, 15) is 31.5 Å². The molecule has 3 aromatic rings. The lowest BCUT2D eigenvalue weighted by Gasteiger charge is -2.21. The van der Waals surface area contributed by atoms with E-state index >= 15 is 0 Å². The van der Waals surface area contributed by atoms with E-state index in [1.165, 1.54) is 29.2 Å². The van der Waals surface area contributed by atoms with Gasteiger partial charge < -0.3 is 10.2 Å². The molecule has 0 radical (unpaired) electrons. The van der Waals surface area contributed by atoms with E-state index in [4.69, 9.17) is 0 Å². The Labute approximate surface area is 211 Å². The summed E-state index contributed by atoms with van der Waals surface area (Å²) in [5, 5.41) is 2.39. The van der Waals surface area contributed by atoms with Crippen LogP contribution in [0.2, 0.25) is 0 Å². The second-order valence-electron chi connectivity index (χ2n) is 8.61. The van der Waals surface area contributed by atoms with Crippen molar-refractivity contribution in [3.05, 3.63) is 97.4 Å². The number of carbonyl (C=O) groups is 2. The van der Waals surface area contributed by atoms with Crippen LogP contribution in [-0.2, 0) is 23.3 Å². The van der Waals surface area contributed by atoms with Crippen molar-refractivity contribution < 1.29 is 31.5 Å². The Balaban J connectivity index is 1.67. The van der Waals surface area contributed by atoms with Crippen LogP contribution in [0.5, 0.6) is 0 Å². The minimum absolute atomic E-state index is 0.0332. The number of anilines is 1. The Bertz CT molecular complexity index is 1350. The predicted molar refractivity (Wildman–Crippen MR) is 127 cm³/mol. The van der Waals surface area contributed by atoms with E-state index in [2.05, 4.69) is 5.32 Å². The van der Waals surface area contributed by atoms with E-state index in [1.807, 2.05) is 22.6 Å². The number of nitrogens with one attached hydrogen (secondary N) is 1. The average Bonchev–Trinajstić information content (AvgIpc) is 2.96. The van der Waals surface area contributed by atoms with Crippen LogP contribution in [0, 0.1) is 32.7 Å². The highest BCUT2D eigenvalue weighted by Gasteiger charge is 2.45. The molecule has 1 aliphatic rings. The second-order valence-corrected chi connectivity index (χ2v) is 9.77. The van der Waals surface area contributed by atoms with Gasteiger partial charge in [-0.25, -0.2) is 22.0 Å². The van der Waals surface area contributed by atoms with Crippen LogP contribution in [-0.4, -0.2) is 11.8 Å². The Morgan fingerprint density at radius 3 is 2.31 bits per heavy atom. The van der Waals surface area contributed by atoms with Gasteiger partial charge in [0.2, 0.25) is 5.91 Å². The predicted octanol–water partition coefficient (Wildman–Crippen LogP) is 5.74. The van der Waals surface area contributed by atoms with Gasteiger partial charge in [0.05, 0.1) is 17.6 Å². The summed E-state index contributed by atoms with van der Waals surface area (Å²) >= 11 is 1.97. The summed E-state index contributed by atoms with van der Waals surface area (Å²) in [6.07, 6.45) is 0. The molecule has 4 nitrogen and oxygen atoms in total. The standard InChI is InChI=1S/C25H18F5IN2O2/c1-25(2)21-19(31)6-13(23(34)32-10-15-17(28)8-14(26)9-18(15)29)7-20(21)33(24(25)35)11-12-4-3-5-16(27)22(12)30/h3-9H,10-11H2,1-2H3,(H,32,34). The average molecular weight is 600 g/mol. The van der Waals surface area contributed by atoms with Gasteiger partial charge in [0.25, 0.3) is 5.91 Å². The normalized spacial score (nSPS) is 14.3. The number of hydrogen-bond acceptors (Lipinski definition) is 2. The van der Waals surface area contributed by atoms with Crippen molar-refractivity contribution in [3.63, 3.8) is 0 Å². The van der Waals surface area contributed by atoms with Gasteiger partial charge in [-0.15, -0.1) is 0 Å². The third kappa shape index (κ3) is 4.51. The molecule has 0 saturated heterocycles. The number of hydrogen-bond donors (Lipinski definition) is 1. The van der Waals surface area contributed by atoms with Crippen molar-refractivity contribution in [1.82, 2.24) is 5.32 Å². The molecule has 1 heterocycles. The third-order valence-corrected chi connectivity index (χ3v) is 6.77. The summed E-state index contributed by atoms with van der Waals surface area (Å²) in [5.74, 6) is -6.52. The number of carbonyl (C=O) groups excluding carboxylic acids is 2. The summed E-state index contributed by atoms with van der Waals surface area (Å²) in [6, 6.07) is 7.65. The number of nitrogens with zero attached hydrogens (tertiary/aromatic N) is 1. The molecule has 0 saturated carbocycles. The highest BCUT2D eigenvalue weighted by molar-refractivity contribution is 14.1. The van der Waals surface area contributed by atoms with Gasteiger partial charge in [0, 0.05) is 44.5 Å². The Morgan fingerprint density at radius 1 is 1.00 bits per heavy atom. The first-order valence-corrected chi connectivity index (χ1v) is 11.5. The van der Waals surface area contributed by atoms with Gasteiger partial charge in [-0.05, 0) is 54.6 Å². The lowest BCUT2D eigenvalue weighted by molar-refractivity contribution is -0.122. The molecule has 4 rings (SSSR count). The zero-order valence-electron chi connectivity index (χ0n) is 18.5. The van der Waals surface area contributed by atoms with Crippen LogP contribution < -0.4 is 10.2 Å². The Hall–Kier alpha value is -3.02. The number of benzene rings is 3. The van der Waals surface area contributed by atoms with E-state index in [-0.39, 0.29) is 23.6 Å². The van der Waals surface area contributed by atoms with Gasteiger partial charge in [0.1, 0.15) is 17.5 Å². The van der Waals surface area contributed by atoms with E-state index in [0.717, 1.165) is 6.07 Å². The number of rotatable bonds is 5. The molecule has 2 amide bonds. The maximum atomic E-state index is 14.3. The van der Waals surface area contributed by atoms with E-state index < -0.39 is 52.5 Å². The lowest BCUT2D eigenvalue weighted by Crippen LogP contribution is -2.36. The Morgan fingerprint density at radius 2 is 1.66 bits per heavy atom. The van der Waals surface area contributed by atoms with Gasteiger partial charge in [-0.1, -0.05) is 12.1 Å². The highest BCUT2D eigenvalue weighted by atomic mass is 127. The van der Waals surface area contributed by atoms with Gasteiger partial charge >= 0.3 is 0 Å². The fraction of sp³-hybridized carbons (Fsp3) is 0.200. The molecule has 0 spiro atoms. The third-order valence-electron chi connectivity index (χ3n) is 5.92. The fourth-order valence-corrected chi connectivity index (χ4v) is 5.40. The van der Waals surface area contributed by atoms with Crippen LogP contribution in [0.15, 0.2) is 42.5 Å². The van der Waals surface area contributed by atoms with Gasteiger partial charge in [-0.2, -0.15) is 0 Å². The molecule has 0 bridgehead atoms. The van der Waals surface area contributed by atoms with Crippen LogP contribution in [0.4, 0.5) is 27.6 Å². The molecule has 0 fully saturated rings. The van der Waals surface area contributed by atoms with Crippen molar-refractivity contribution in [1.29, 1.82) is 0 Å². The molecule has 0 unspecified atom stereocenters. The second kappa shape index (κ2) is 9.21. The molecule has 182 valence electrons. The molecule has 0 atom stereocenters. The summed E-state index contributed by atoms with van der Waals surface area (Å²) in [5.41, 5.74) is -0.479. The molecule has 3 aromatic carbocycles. The van der Waals surface area contributed by atoms with Crippen LogP contribution in [0.1, 0.15) is 40.9 Å². The zero-order valence-corrected chi connectivity index (χ0v) is 20.6. The minimum Gasteiger partial charge on any atom is -0.348 e. The quantitative estimate of drug-likeness (QED) is 0.300. The molecule has 1 aliphatic heterocycles. The summed E-state index contributed by atoms with van der Waals surface area (Å²) in [6.45, 7) is 2.59. The van der Waals surface area contributed by atoms with E-state index in [1.54, 1.807) is 13.8 Å². The lowest BCUT2D eigenvalue weighted by atomic mass is 9.86. The largest absolute Gasteiger partial charge is 0.348 e. The van der Waals surface area contributed by atoms with E-state index in [0.29, 0.717) is 27.0 Å². The van der Waals surface area contributed by atoms with Crippen molar-refractivity contribution in [3.8, 4) is 0 Å². The fourth-order valence-electron chi connectivity index (χ4n) is 4.12. The van der Waals surface area contributed by atoms with Crippen LogP contribution in [0.25, 0.3) is 0 Å². The smallest absolute Gasteiger partial charge is 0.251 e. The van der Waals surface area contributed by atoms with Crippen LogP contribution in [0.3, 0.4) is 0 Å². The van der Waals surface area contributed by atoms with Gasteiger partial charge in [0.15, 0.2) is 11.6 Å². The first-order valence-electron chi connectivity index (χ1n) is 10.4. The topological polar surface area (TPSA) is 49.4 Å². The molecular formula is C25H18F5IN2O2. The summed E-state index contributed by atoms with van der Waals surface area (Å²) in [4.78, 5) is 27.3. The molecule has 1 N–H and O–H groups in total. The van der Waals surface area contributed by atoms with Crippen molar-refractivity contribution in [2.45, 2.75) is 32.4 Å². The van der Waals surface area contributed by atoms with Gasteiger partial charge in [-0.3, -0.25) is 9.59 Å². The molecule has 0 aromatic heterocycles. The molecule has 35 heavy (non-hydrogen) atoms. The molecule has 10 heteroatoms. The summed E-state index contributed by atoms with van der Waals surface area (Å²) < 4.78 is 69.6. The number of amides is 2. The maximum Gasteiger partial charge on any atom is 0.251 e.